The first-order valence-electron chi connectivity index (χ1n) is 6.90. The van der Waals surface area contributed by atoms with Crippen LogP contribution in [0.25, 0.3) is 0 Å². The molecule has 1 aliphatic heterocycles. The molecule has 0 aromatic carbocycles. The lowest BCUT2D eigenvalue weighted by Crippen LogP contribution is -2.51. The van der Waals surface area contributed by atoms with E-state index in [1.807, 2.05) is 4.90 Å². The van der Waals surface area contributed by atoms with Gasteiger partial charge in [0.25, 0.3) is 0 Å². The van der Waals surface area contributed by atoms with Crippen molar-refractivity contribution in [2.24, 2.45) is 5.92 Å². The molecule has 0 radical (unpaired) electrons. The van der Waals surface area contributed by atoms with Crippen LogP contribution in [0.1, 0.15) is 6.42 Å². The third kappa shape index (κ3) is 5.34. The normalized spacial score (nSPS) is 15.2. The van der Waals surface area contributed by atoms with E-state index in [-0.39, 0.29) is 24.2 Å². The number of hydrogen-bond donors (Lipinski definition) is 4. The van der Waals surface area contributed by atoms with Crippen LogP contribution in [-0.2, 0) is 0 Å². The van der Waals surface area contributed by atoms with Gasteiger partial charge in [-0.3, -0.25) is 0 Å². The second-order valence-corrected chi connectivity index (χ2v) is 5.22. The zero-order valence-electron chi connectivity index (χ0n) is 12.1. The second kappa shape index (κ2) is 6.75. The fraction of sp³-hybridized carbons (Fsp3) is 0.583. The summed E-state index contributed by atoms with van der Waals surface area (Å²) in [6.45, 7) is 1.20. The summed E-state index contributed by atoms with van der Waals surface area (Å²) >= 11 is 0. The first-order valence-corrected chi connectivity index (χ1v) is 6.90. The largest absolute Gasteiger partial charge is 0.465 e. The lowest BCUT2D eigenvalue weighted by molar-refractivity contribution is -0.131. The molecule has 128 valence electrons. The van der Waals surface area contributed by atoms with Crippen molar-refractivity contribution in [3.05, 3.63) is 6.07 Å². The quantitative estimate of drug-likeness (QED) is 0.616. The molecule has 8 nitrogen and oxygen atoms in total. The number of nitrogen functional groups attached to an aromatic ring is 1. The maximum Gasteiger partial charge on any atom is 0.404 e. The summed E-state index contributed by atoms with van der Waals surface area (Å²) in [4.78, 5) is 20.1. The van der Waals surface area contributed by atoms with Crippen LogP contribution in [-0.4, -0.2) is 53.5 Å². The highest BCUT2D eigenvalue weighted by Crippen LogP contribution is 2.25. The minimum atomic E-state index is -4.24. The van der Waals surface area contributed by atoms with E-state index in [1.165, 1.54) is 6.07 Å². The van der Waals surface area contributed by atoms with Crippen molar-refractivity contribution in [2.75, 3.05) is 42.1 Å². The number of nitrogens with zero attached hydrogens (tertiary/aromatic N) is 3. The number of aromatic nitrogens is 2. The number of hydrogen-bond acceptors (Lipinski definition) is 6. The molecule has 1 saturated heterocycles. The van der Waals surface area contributed by atoms with Gasteiger partial charge < -0.3 is 26.4 Å². The summed E-state index contributed by atoms with van der Waals surface area (Å²) in [5, 5.41) is 13.4. The van der Waals surface area contributed by atoms with Gasteiger partial charge in [0.1, 0.15) is 11.6 Å². The molecule has 1 aromatic heterocycles. The van der Waals surface area contributed by atoms with Gasteiger partial charge in [0, 0.05) is 38.2 Å². The molecule has 0 atom stereocenters. The van der Waals surface area contributed by atoms with E-state index in [1.54, 1.807) is 0 Å². The van der Waals surface area contributed by atoms with Crippen LogP contribution >= 0.6 is 0 Å². The summed E-state index contributed by atoms with van der Waals surface area (Å²) < 4.78 is 36.4. The summed E-state index contributed by atoms with van der Waals surface area (Å²) in [5.41, 5.74) is 5.57. The Hall–Kier alpha value is -2.46. The molecule has 1 amide bonds. The van der Waals surface area contributed by atoms with E-state index in [0.29, 0.717) is 25.5 Å². The Labute approximate surface area is 129 Å². The molecule has 0 aliphatic carbocycles. The van der Waals surface area contributed by atoms with Gasteiger partial charge in [0.2, 0.25) is 5.95 Å². The number of alkyl halides is 3. The van der Waals surface area contributed by atoms with Crippen molar-refractivity contribution in [1.29, 1.82) is 0 Å². The van der Waals surface area contributed by atoms with Crippen LogP contribution in [0.3, 0.4) is 0 Å². The number of carboxylic acid groups (broad SMARTS) is 1. The van der Waals surface area contributed by atoms with Crippen molar-refractivity contribution < 1.29 is 23.1 Å². The topological polar surface area (TPSA) is 116 Å². The van der Waals surface area contributed by atoms with Crippen LogP contribution in [0, 0.1) is 5.92 Å². The zero-order valence-corrected chi connectivity index (χ0v) is 12.1. The molecule has 23 heavy (non-hydrogen) atoms. The molecule has 0 unspecified atom stereocenters. The van der Waals surface area contributed by atoms with Gasteiger partial charge in [-0.15, -0.1) is 0 Å². The molecule has 1 aromatic rings. The molecule has 5 N–H and O–H groups in total. The first kappa shape index (κ1) is 16.9. The third-order valence-electron chi connectivity index (χ3n) is 3.27. The van der Waals surface area contributed by atoms with Gasteiger partial charge in [0.15, 0.2) is 0 Å². The highest BCUT2D eigenvalue weighted by Gasteiger charge is 2.29. The predicted octanol–water partition coefficient (Wildman–Crippen LogP) is 1.13. The van der Waals surface area contributed by atoms with Crippen LogP contribution in [0.2, 0.25) is 0 Å². The van der Waals surface area contributed by atoms with E-state index in [2.05, 4.69) is 20.6 Å². The number of nitrogens with two attached hydrogens (primary N) is 1. The molecule has 1 fully saturated rings. The Kier molecular flexibility index (Phi) is 4.96. The fourth-order valence-electron chi connectivity index (χ4n) is 2.16. The number of halogens is 3. The molecule has 0 spiro atoms. The number of amides is 1. The Morgan fingerprint density at radius 3 is 2.74 bits per heavy atom. The van der Waals surface area contributed by atoms with Gasteiger partial charge >= 0.3 is 12.3 Å². The van der Waals surface area contributed by atoms with Crippen molar-refractivity contribution in [3.8, 4) is 0 Å². The van der Waals surface area contributed by atoms with Gasteiger partial charge in [-0.2, -0.15) is 23.1 Å². The monoisotopic (exact) mass is 334 g/mol. The maximum atomic E-state index is 12.1. The van der Waals surface area contributed by atoms with Crippen LogP contribution in [0.15, 0.2) is 6.07 Å². The van der Waals surface area contributed by atoms with Crippen molar-refractivity contribution in [3.63, 3.8) is 0 Å². The number of nitrogens with one attached hydrogen (secondary N) is 2. The molecule has 1 aliphatic rings. The Morgan fingerprint density at radius 1 is 1.43 bits per heavy atom. The Bertz CT molecular complexity index is 562. The average Bonchev–Trinajstić information content (AvgIpc) is 2.34. The van der Waals surface area contributed by atoms with Crippen LogP contribution in [0.4, 0.5) is 35.5 Å². The van der Waals surface area contributed by atoms with E-state index >= 15 is 0 Å². The summed E-state index contributed by atoms with van der Waals surface area (Å²) in [6.07, 6.45) is -6.29. The smallest absolute Gasteiger partial charge is 0.404 e. The maximum absolute atomic E-state index is 12.1. The van der Waals surface area contributed by atoms with Crippen molar-refractivity contribution in [1.82, 2.24) is 15.3 Å². The molecule has 0 saturated carbocycles. The van der Waals surface area contributed by atoms with Gasteiger partial charge in [-0.25, -0.2) is 4.79 Å². The number of carbonyl (C=O) groups is 1. The summed E-state index contributed by atoms with van der Waals surface area (Å²) in [6, 6.07) is 1.52. The lowest BCUT2D eigenvalue weighted by atomic mass is 10.0. The molecular weight excluding hydrogens is 317 g/mol. The van der Waals surface area contributed by atoms with E-state index in [0.717, 1.165) is 0 Å². The SMILES string of the molecule is Nc1nc(NCCC(F)(F)F)cc(N2CC(CNC(=O)O)C2)n1. The minimum Gasteiger partial charge on any atom is -0.465 e. The standard InChI is InChI=1S/C12H17F3N6O2/c13-12(14,15)1-2-17-8-3-9(20-10(16)19-8)21-5-7(6-21)4-18-11(22)23/h3,7,18H,1-2,4-6H2,(H,22,23)(H3,16,17,19,20). The second-order valence-electron chi connectivity index (χ2n) is 5.22. The third-order valence-corrected chi connectivity index (χ3v) is 3.27. The summed E-state index contributed by atoms with van der Waals surface area (Å²) in [7, 11) is 0. The highest BCUT2D eigenvalue weighted by atomic mass is 19.4. The molecule has 2 heterocycles. The van der Waals surface area contributed by atoms with Gasteiger partial charge in [-0.05, 0) is 0 Å². The van der Waals surface area contributed by atoms with E-state index < -0.39 is 18.7 Å². The highest BCUT2D eigenvalue weighted by molar-refractivity contribution is 5.64. The number of anilines is 3. The van der Waals surface area contributed by atoms with E-state index in [9.17, 15) is 18.0 Å². The van der Waals surface area contributed by atoms with Crippen molar-refractivity contribution >= 4 is 23.7 Å². The molecular formula is C12H17F3N6O2. The molecule has 2 rings (SSSR count). The molecule has 0 bridgehead atoms. The zero-order chi connectivity index (χ0) is 17.0. The van der Waals surface area contributed by atoms with Gasteiger partial charge in [0.05, 0.1) is 6.42 Å². The Balaban J connectivity index is 1.87. The summed E-state index contributed by atoms with van der Waals surface area (Å²) in [5.74, 6) is 0.843. The van der Waals surface area contributed by atoms with Crippen LogP contribution < -0.4 is 21.3 Å². The average molecular weight is 334 g/mol. The fourth-order valence-corrected chi connectivity index (χ4v) is 2.16. The number of rotatable bonds is 6. The molecule has 11 heteroatoms. The van der Waals surface area contributed by atoms with Gasteiger partial charge in [-0.1, -0.05) is 0 Å². The Morgan fingerprint density at radius 2 is 2.13 bits per heavy atom. The van der Waals surface area contributed by atoms with E-state index in [4.69, 9.17) is 10.8 Å². The van der Waals surface area contributed by atoms with Crippen LogP contribution in [0.5, 0.6) is 0 Å². The lowest BCUT2D eigenvalue weighted by Gasteiger charge is -2.40. The minimum absolute atomic E-state index is 0.0379. The van der Waals surface area contributed by atoms with Crippen molar-refractivity contribution in [2.45, 2.75) is 12.6 Å². The first-order chi connectivity index (χ1) is 10.7. The predicted molar refractivity (Wildman–Crippen MR) is 77.3 cm³/mol.